The number of nitrogens with one attached hydrogen (secondary N) is 1. The van der Waals surface area contributed by atoms with Gasteiger partial charge < -0.3 is 10.4 Å². The fraction of sp³-hybridized carbons (Fsp3) is 0.533. The van der Waals surface area contributed by atoms with E-state index in [1.165, 1.54) is 6.07 Å². The maximum Gasteiger partial charge on any atom is 0.220 e. The van der Waals surface area contributed by atoms with Crippen molar-refractivity contribution in [2.45, 2.75) is 38.2 Å². The Hall–Kier alpha value is -1.49. The van der Waals surface area contributed by atoms with Gasteiger partial charge in [-0.05, 0) is 49.3 Å². The first-order chi connectivity index (χ1) is 9.54. The van der Waals surface area contributed by atoms with Crippen LogP contribution in [-0.4, -0.2) is 23.7 Å². The molecule has 2 unspecified atom stereocenters. The van der Waals surface area contributed by atoms with E-state index in [0.29, 0.717) is 24.4 Å². The minimum atomic E-state index is -0.886. The van der Waals surface area contributed by atoms with Crippen molar-refractivity contribution >= 4 is 5.91 Å². The van der Waals surface area contributed by atoms with Crippen LogP contribution in [0.3, 0.4) is 0 Å². The molecule has 1 saturated carbocycles. The molecule has 20 heavy (non-hydrogen) atoms. The number of carbonyl (C=O) groups excluding carboxylic acids is 1. The molecule has 0 aromatic heterocycles. The van der Waals surface area contributed by atoms with E-state index >= 15 is 0 Å². The lowest BCUT2D eigenvalue weighted by Crippen LogP contribution is -2.28. The first-order valence-corrected chi connectivity index (χ1v) is 6.93. The van der Waals surface area contributed by atoms with Crippen molar-refractivity contribution in [3.8, 4) is 0 Å². The number of aliphatic hydroxyl groups is 1. The van der Waals surface area contributed by atoms with E-state index in [9.17, 15) is 18.7 Å². The molecule has 0 saturated heterocycles. The summed E-state index contributed by atoms with van der Waals surface area (Å²) < 4.78 is 25.7. The average Bonchev–Trinajstić information content (AvgIpc) is 2.83. The summed E-state index contributed by atoms with van der Waals surface area (Å²) in [6.45, 7) is 0.577. The van der Waals surface area contributed by atoms with Crippen LogP contribution in [0.4, 0.5) is 8.78 Å². The third-order valence-electron chi connectivity index (χ3n) is 3.73. The SMILES string of the molecule is O=C(CCc1ccc(F)c(F)c1)NCC1CCC(O)C1. The maximum absolute atomic E-state index is 13.0. The van der Waals surface area contributed by atoms with Gasteiger partial charge in [0.15, 0.2) is 11.6 Å². The highest BCUT2D eigenvalue weighted by Gasteiger charge is 2.22. The molecule has 2 N–H and O–H groups in total. The van der Waals surface area contributed by atoms with Crippen molar-refractivity contribution in [1.29, 1.82) is 0 Å². The van der Waals surface area contributed by atoms with Crippen LogP contribution in [0.1, 0.15) is 31.2 Å². The second-order valence-corrected chi connectivity index (χ2v) is 5.39. The fourth-order valence-corrected chi connectivity index (χ4v) is 2.53. The van der Waals surface area contributed by atoms with Crippen LogP contribution in [0.5, 0.6) is 0 Å². The number of carbonyl (C=O) groups is 1. The van der Waals surface area contributed by atoms with Crippen LogP contribution < -0.4 is 5.32 Å². The molecule has 0 bridgehead atoms. The lowest BCUT2D eigenvalue weighted by molar-refractivity contribution is -0.121. The first-order valence-electron chi connectivity index (χ1n) is 6.93. The van der Waals surface area contributed by atoms with Crippen LogP contribution in [0.25, 0.3) is 0 Å². The van der Waals surface area contributed by atoms with E-state index in [1.54, 1.807) is 0 Å². The standard InChI is InChI=1S/C15H19F2NO2/c16-13-5-2-10(8-14(13)17)3-6-15(20)18-9-11-1-4-12(19)7-11/h2,5,8,11-12,19H,1,3-4,6-7,9H2,(H,18,20). The predicted octanol–water partition coefficient (Wildman–Crippen LogP) is 2.17. The summed E-state index contributed by atoms with van der Waals surface area (Å²) in [5.74, 6) is -1.52. The number of hydrogen-bond acceptors (Lipinski definition) is 2. The summed E-state index contributed by atoms with van der Waals surface area (Å²) in [5, 5.41) is 12.2. The Balaban J connectivity index is 1.70. The molecule has 3 nitrogen and oxygen atoms in total. The number of rotatable bonds is 5. The smallest absolute Gasteiger partial charge is 0.220 e. The third-order valence-corrected chi connectivity index (χ3v) is 3.73. The summed E-state index contributed by atoms with van der Waals surface area (Å²) in [5.41, 5.74) is 0.607. The summed E-state index contributed by atoms with van der Waals surface area (Å²) in [7, 11) is 0. The lowest BCUT2D eigenvalue weighted by atomic mass is 10.1. The maximum atomic E-state index is 13.0. The minimum Gasteiger partial charge on any atom is -0.393 e. The van der Waals surface area contributed by atoms with E-state index in [1.807, 2.05) is 0 Å². The van der Waals surface area contributed by atoms with E-state index in [-0.39, 0.29) is 18.4 Å². The molecule has 1 amide bonds. The van der Waals surface area contributed by atoms with Crippen LogP contribution in [-0.2, 0) is 11.2 Å². The highest BCUT2D eigenvalue weighted by atomic mass is 19.2. The summed E-state index contributed by atoms with van der Waals surface area (Å²) in [6.07, 6.45) is 2.87. The Morgan fingerprint density at radius 2 is 2.10 bits per heavy atom. The Bertz CT molecular complexity index is 479. The summed E-state index contributed by atoms with van der Waals surface area (Å²) >= 11 is 0. The molecule has 110 valence electrons. The lowest BCUT2D eigenvalue weighted by Gasteiger charge is -2.10. The quantitative estimate of drug-likeness (QED) is 0.870. The molecular weight excluding hydrogens is 264 g/mol. The number of amides is 1. The second kappa shape index (κ2) is 6.79. The van der Waals surface area contributed by atoms with Gasteiger partial charge in [0, 0.05) is 13.0 Å². The number of halogens is 2. The highest BCUT2D eigenvalue weighted by molar-refractivity contribution is 5.76. The Morgan fingerprint density at radius 3 is 2.75 bits per heavy atom. The fourth-order valence-electron chi connectivity index (χ4n) is 2.53. The molecule has 2 atom stereocenters. The Kier molecular flexibility index (Phi) is 5.06. The zero-order valence-corrected chi connectivity index (χ0v) is 11.2. The minimum absolute atomic E-state index is 0.101. The third kappa shape index (κ3) is 4.27. The highest BCUT2D eigenvalue weighted by Crippen LogP contribution is 2.24. The van der Waals surface area contributed by atoms with Gasteiger partial charge in [0.1, 0.15) is 0 Å². The van der Waals surface area contributed by atoms with Crippen molar-refractivity contribution in [1.82, 2.24) is 5.32 Å². The summed E-state index contributed by atoms with van der Waals surface area (Å²) in [6, 6.07) is 3.68. The molecule has 1 aliphatic carbocycles. The van der Waals surface area contributed by atoms with Gasteiger partial charge in [-0.25, -0.2) is 8.78 Å². The number of aliphatic hydroxyl groups excluding tert-OH is 1. The molecule has 0 radical (unpaired) electrons. The van der Waals surface area contributed by atoms with E-state index < -0.39 is 11.6 Å². The van der Waals surface area contributed by atoms with Crippen molar-refractivity contribution in [2.24, 2.45) is 5.92 Å². The van der Waals surface area contributed by atoms with Crippen LogP contribution in [0.15, 0.2) is 18.2 Å². The molecule has 5 heteroatoms. The summed E-state index contributed by atoms with van der Waals surface area (Å²) in [4.78, 5) is 11.7. The van der Waals surface area contributed by atoms with Gasteiger partial charge in [0.25, 0.3) is 0 Å². The Morgan fingerprint density at radius 1 is 1.30 bits per heavy atom. The monoisotopic (exact) mass is 283 g/mol. The van der Waals surface area contributed by atoms with E-state index in [4.69, 9.17) is 0 Å². The molecule has 0 aliphatic heterocycles. The first kappa shape index (κ1) is 14.9. The molecule has 1 aromatic rings. The van der Waals surface area contributed by atoms with Gasteiger partial charge >= 0.3 is 0 Å². The molecule has 0 spiro atoms. The zero-order valence-electron chi connectivity index (χ0n) is 11.2. The normalized spacial score (nSPS) is 21.9. The number of hydrogen-bond donors (Lipinski definition) is 2. The molecule has 1 fully saturated rings. The van der Waals surface area contributed by atoms with Crippen molar-refractivity contribution in [2.75, 3.05) is 6.54 Å². The molecule has 1 aliphatic rings. The van der Waals surface area contributed by atoms with Crippen LogP contribution in [0.2, 0.25) is 0 Å². The van der Waals surface area contributed by atoms with Gasteiger partial charge in [0.05, 0.1) is 6.10 Å². The van der Waals surface area contributed by atoms with Crippen molar-refractivity contribution in [3.05, 3.63) is 35.4 Å². The van der Waals surface area contributed by atoms with Crippen molar-refractivity contribution in [3.63, 3.8) is 0 Å². The van der Waals surface area contributed by atoms with Gasteiger partial charge in [-0.15, -0.1) is 0 Å². The van der Waals surface area contributed by atoms with E-state index in [0.717, 1.165) is 31.4 Å². The van der Waals surface area contributed by atoms with Crippen LogP contribution in [0, 0.1) is 17.6 Å². The van der Waals surface area contributed by atoms with Gasteiger partial charge in [0.2, 0.25) is 5.91 Å². The van der Waals surface area contributed by atoms with Gasteiger partial charge in [-0.2, -0.15) is 0 Å². The van der Waals surface area contributed by atoms with E-state index in [2.05, 4.69) is 5.32 Å². The van der Waals surface area contributed by atoms with Gasteiger partial charge in [-0.3, -0.25) is 4.79 Å². The molecule has 2 rings (SSSR count). The second-order valence-electron chi connectivity index (χ2n) is 5.39. The number of benzene rings is 1. The van der Waals surface area contributed by atoms with Crippen LogP contribution >= 0.6 is 0 Å². The van der Waals surface area contributed by atoms with Crippen molar-refractivity contribution < 1.29 is 18.7 Å². The largest absolute Gasteiger partial charge is 0.393 e. The molecule has 0 heterocycles. The van der Waals surface area contributed by atoms with Gasteiger partial charge in [-0.1, -0.05) is 6.07 Å². The topological polar surface area (TPSA) is 49.3 Å². The zero-order chi connectivity index (χ0) is 14.5. The average molecular weight is 283 g/mol. The molecular formula is C15H19F2NO2. The number of aryl methyl sites for hydroxylation is 1. The predicted molar refractivity (Wildman–Crippen MR) is 71.0 cm³/mol. The molecule has 1 aromatic carbocycles. The Labute approximate surface area is 117 Å².